The number of aliphatic carboxylic acids is 1. The molecule has 6 atom stereocenters. The quantitative estimate of drug-likeness (QED) is 0.0228. The first kappa shape index (κ1) is 65.2. The number of hydrogen-bond donors (Lipinski definition) is 3. The molecule has 0 aromatic heterocycles. The van der Waals surface area contributed by atoms with E-state index in [1.807, 2.05) is 0 Å². The second-order valence-corrected chi connectivity index (χ2v) is 18.8. The normalized spacial score (nSPS) is 19.0. The highest BCUT2D eigenvalue weighted by Crippen LogP contribution is 2.26. The van der Waals surface area contributed by atoms with Crippen molar-refractivity contribution in [3.05, 3.63) is 72.9 Å². The van der Waals surface area contributed by atoms with Crippen molar-refractivity contribution >= 4 is 23.9 Å². The van der Waals surface area contributed by atoms with Crippen molar-refractivity contribution in [1.29, 1.82) is 0 Å². The third-order valence-electron chi connectivity index (χ3n) is 12.2. The molecule has 3 N–H and O–H groups in total. The zero-order valence-corrected chi connectivity index (χ0v) is 44.4. The Bertz CT molecular complexity index is 1510. The van der Waals surface area contributed by atoms with Crippen molar-refractivity contribution < 1.29 is 58.2 Å². The van der Waals surface area contributed by atoms with E-state index in [4.69, 9.17) is 23.7 Å². The van der Waals surface area contributed by atoms with Crippen molar-refractivity contribution in [3.63, 3.8) is 0 Å². The zero-order valence-electron chi connectivity index (χ0n) is 44.4. The number of hydrogen-bond acceptors (Lipinski definition) is 11. The van der Waals surface area contributed by atoms with E-state index < -0.39 is 67.3 Å². The van der Waals surface area contributed by atoms with E-state index in [9.17, 15) is 34.5 Å². The number of carbonyl (C=O) groups excluding carboxylic acids is 3. The number of carboxylic acids is 1. The van der Waals surface area contributed by atoms with Crippen LogP contribution >= 0.6 is 0 Å². The van der Waals surface area contributed by atoms with E-state index in [2.05, 4.69) is 93.7 Å². The molecule has 406 valence electrons. The van der Waals surface area contributed by atoms with E-state index in [1.165, 1.54) is 51.4 Å². The van der Waals surface area contributed by atoms with E-state index in [0.29, 0.717) is 25.7 Å². The maximum Gasteiger partial charge on any atom is 0.335 e. The summed E-state index contributed by atoms with van der Waals surface area (Å²) < 4.78 is 28.3. The van der Waals surface area contributed by atoms with Crippen LogP contribution in [0, 0.1) is 0 Å². The summed E-state index contributed by atoms with van der Waals surface area (Å²) in [5.41, 5.74) is 0. The number of allylic oxidation sites excluding steroid dienone is 12. The van der Waals surface area contributed by atoms with E-state index in [0.717, 1.165) is 109 Å². The molecule has 1 aliphatic heterocycles. The summed E-state index contributed by atoms with van der Waals surface area (Å²) in [7, 11) is 0. The number of rotatable bonds is 46. The lowest BCUT2D eigenvalue weighted by Gasteiger charge is -2.40. The van der Waals surface area contributed by atoms with Crippen molar-refractivity contribution in [2.45, 2.75) is 263 Å². The van der Waals surface area contributed by atoms with Gasteiger partial charge in [-0.05, 0) is 109 Å². The average molecular weight is 999 g/mol. The molecule has 71 heavy (non-hydrogen) atoms. The van der Waals surface area contributed by atoms with Gasteiger partial charge >= 0.3 is 23.9 Å². The van der Waals surface area contributed by atoms with Crippen molar-refractivity contribution in [3.8, 4) is 0 Å². The number of aliphatic hydroxyl groups is 2. The predicted octanol–water partition coefficient (Wildman–Crippen LogP) is 13.8. The van der Waals surface area contributed by atoms with Gasteiger partial charge in [0.15, 0.2) is 24.6 Å². The first-order valence-electron chi connectivity index (χ1n) is 27.9. The highest BCUT2D eigenvalue weighted by Gasteiger charge is 2.50. The van der Waals surface area contributed by atoms with Crippen LogP contribution in [0.1, 0.15) is 226 Å². The van der Waals surface area contributed by atoms with Crippen LogP contribution in [0.25, 0.3) is 0 Å². The van der Waals surface area contributed by atoms with Gasteiger partial charge in [-0.1, -0.05) is 171 Å². The number of esters is 3. The van der Waals surface area contributed by atoms with Gasteiger partial charge < -0.3 is 39.0 Å². The number of carbonyl (C=O) groups is 4. The van der Waals surface area contributed by atoms with Crippen molar-refractivity contribution in [1.82, 2.24) is 0 Å². The number of carboxylic acid groups (broad SMARTS) is 1. The summed E-state index contributed by atoms with van der Waals surface area (Å²) >= 11 is 0. The van der Waals surface area contributed by atoms with Crippen LogP contribution in [-0.2, 0) is 42.9 Å². The Balaban J connectivity index is 2.75. The minimum atomic E-state index is -1.92. The van der Waals surface area contributed by atoms with Gasteiger partial charge in [0.05, 0.1) is 6.61 Å². The molecule has 6 unspecified atom stereocenters. The predicted molar refractivity (Wildman–Crippen MR) is 285 cm³/mol. The van der Waals surface area contributed by atoms with Gasteiger partial charge in [-0.2, -0.15) is 0 Å². The minimum absolute atomic E-state index is 0.00491. The van der Waals surface area contributed by atoms with Gasteiger partial charge in [0.25, 0.3) is 0 Å². The third kappa shape index (κ3) is 37.6. The highest BCUT2D eigenvalue weighted by atomic mass is 16.7. The second-order valence-electron chi connectivity index (χ2n) is 18.8. The molecular weight excluding hydrogens is 901 g/mol. The van der Waals surface area contributed by atoms with Crippen molar-refractivity contribution in [2.75, 3.05) is 13.2 Å². The Labute approximate surface area is 429 Å². The summed E-state index contributed by atoms with van der Waals surface area (Å²) in [5, 5.41) is 31.4. The van der Waals surface area contributed by atoms with Gasteiger partial charge in [0, 0.05) is 19.3 Å². The molecule has 1 rings (SSSR count). The van der Waals surface area contributed by atoms with Crippen LogP contribution in [0.3, 0.4) is 0 Å². The smallest absolute Gasteiger partial charge is 0.335 e. The molecule has 0 radical (unpaired) electrons. The molecule has 1 saturated heterocycles. The lowest BCUT2D eigenvalue weighted by molar-refractivity contribution is -0.301. The number of ether oxygens (including phenoxy) is 5. The molecule has 0 saturated carbocycles. The summed E-state index contributed by atoms with van der Waals surface area (Å²) in [6.07, 6.45) is 45.9. The van der Waals surface area contributed by atoms with Gasteiger partial charge in [-0.3, -0.25) is 14.4 Å². The lowest BCUT2D eigenvalue weighted by atomic mass is 9.98. The van der Waals surface area contributed by atoms with Crippen LogP contribution in [0.15, 0.2) is 72.9 Å². The molecule has 1 aliphatic rings. The standard InChI is InChI=1S/C59H98O12/c1-4-7-10-13-16-19-22-25-26-29-32-35-38-41-44-47-53(62)70-57-55(64)54(63)56(58(65)66)71-59(57)68-49-50(69-52(61)46-43-40-37-34-31-28-24-21-18-15-12-9-6-3)48-67-51(60)45-42-39-36-33-30-27-23-20-17-14-11-8-5-2/h7,10,16,19-21,23-26,32,35,50,54-57,59,63-64H,4-6,8-9,11-15,17-18,22,27-31,33-34,36-49H2,1-3H3,(H,65,66)/b10-7-,19-16-,23-20-,24-21-,26-25-,35-32-. The molecule has 0 spiro atoms. The van der Waals surface area contributed by atoms with E-state index in [-0.39, 0.29) is 25.9 Å². The Morgan fingerprint density at radius 2 is 0.887 bits per heavy atom. The molecule has 0 aliphatic carbocycles. The Morgan fingerprint density at radius 3 is 1.39 bits per heavy atom. The van der Waals surface area contributed by atoms with Gasteiger partial charge in [0.2, 0.25) is 0 Å². The summed E-state index contributed by atoms with van der Waals surface area (Å²) in [6.45, 7) is 5.80. The minimum Gasteiger partial charge on any atom is -0.479 e. The topological polar surface area (TPSA) is 175 Å². The first-order chi connectivity index (χ1) is 34.6. The largest absolute Gasteiger partial charge is 0.479 e. The molecule has 1 fully saturated rings. The van der Waals surface area contributed by atoms with Crippen LogP contribution < -0.4 is 0 Å². The summed E-state index contributed by atoms with van der Waals surface area (Å²) in [4.78, 5) is 50.9. The fourth-order valence-corrected chi connectivity index (χ4v) is 7.93. The Kier molecular flexibility index (Phi) is 43.3. The van der Waals surface area contributed by atoms with Crippen LogP contribution in [0.2, 0.25) is 0 Å². The first-order valence-corrected chi connectivity index (χ1v) is 27.9. The van der Waals surface area contributed by atoms with Crippen LogP contribution in [-0.4, -0.2) is 89.2 Å². The second kappa shape index (κ2) is 47.2. The molecule has 0 aromatic rings. The molecular formula is C59H98O12. The van der Waals surface area contributed by atoms with Crippen LogP contribution in [0.5, 0.6) is 0 Å². The fraction of sp³-hybridized carbons (Fsp3) is 0.729. The van der Waals surface area contributed by atoms with Gasteiger partial charge in [-0.15, -0.1) is 0 Å². The Morgan fingerprint density at radius 1 is 0.479 bits per heavy atom. The fourth-order valence-electron chi connectivity index (χ4n) is 7.93. The summed E-state index contributed by atoms with van der Waals surface area (Å²) in [6, 6.07) is 0. The van der Waals surface area contributed by atoms with Gasteiger partial charge in [0.1, 0.15) is 18.8 Å². The zero-order chi connectivity index (χ0) is 51.8. The van der Waals surface area contributed by atoms with E-state index in [1.54, 1.807) is 0 Å². The number of aliphatic hydroxyl groups excluding tert-OH is 2. The number of unbranched alkanes of at least 4 members (excludes halogenated alkanes) is 20. The third-order valence-corrected chi connectivity index (χ3v) is 12.2. The molecule has 0 bridgehead atoms. The van der Waals surface area contributed by atoms with Crippen molar-refractivity contribution in [2.24, 2.45) is 0 Å². The average Bonchev–Trinajstić information content (AvgIpc) is 3.35. The van der Waals surface area contributed by atoms with Crippen LogP contribution in [0.4, 0.5) is 0 Å². The molecule has 12 heteroatoms. The maximum absolute atomic E-state index is 13.1. The maximum atomic E-state index is 13.1. The van der Waals surface area contributed by atoms with Gasteiger partial charge in [-0.25, -0.2) is 4.79 Å². The monoisotopic (exact) mass is 999 g/mol. The molecule has 0 amide bonds. The lowest BCUT2D eigenvalue weighted by Crippen LogP contribution is -2.61. The molecule has 1 heterocycles. The summed E-state index contributed by atoms with van der Waals surface area (Å²) in [5.74, 6) is -3.20. The highest BCUT2D eigenvalue weighted by molar-refractivity contribution is 5.74. The molecule has 0 aromatic carbocycles. The molecule has 12 nitrogen and oxygen atoms in total. The Hall–Kier alpha value is -3.84. The van der Waals surface area contributed by atoms with E-state index >= 15 is 0 Å². The SMILES string of the molecule is CC/C=C\C/C=C\C/C=C\C/C=C\CCCCC(=O)OC1C(OCC(COC(=O)CCCCCCC/C=C\CCCCCC)OC(=O)CCCCCCC/C=C\CCCCCC)OC(C(=O)O)C(O)C1O.